The van der Waals surface area contributed by atoms with Crippen molar-refractivity contribution in [3.05, 3.63) is 65.7 Å². The van der Waals surface area contributed by atoms with Crippen LogP contribution < -0.4 is 4.74 Å². The molecule has 0 saturated carbocycles. The lowest BCUT2D eigenvalue weighted by molar-refractivity contribution is 0.0563. The van der Waals surface area contributed by atoms with Gasteiger partial charge in [-0.1, -0.05) is 37.3 Å². The van der Waals surface area contributed by atoms with Crippen LogP contribution >= 0.6 is 0 Å². The second-order valence-electron chi connectivity index (χ2n) is 9.93. The fraction of sp³-hybridized carbons (Fsp3) is 0.464. The van der Waals surface area contributed by atoms with Crippen LogP contribution in [0.15, 0.2) is 59.5 Å². The molecule has 1 N–H and O–H groups in total. The number of nitrogens with zero attached hydrogens (tertiary/aromatic N) is 2. The minimum Gasteiger partial charge on any atom is -0.487 e. The Balaban J connectivity index is 1.72. The lowest BCUT2D eigenvalue weighted by Gasteiger charge is -2.37. The Kier molecular flexibility index (Phi) is 8.17. The number of likely N-dealkylation sites (N-methyl/N-ethyl adjacent to an activating group) is 1. The van der Waals surface area contributed by atoms with E-state index in [0.29, 0.717) is 17.9 Å². The number of rotatable bonds is 6. The van der Waals surface area contributed by atoms with E-state index in [0.717, 1.165) is 31.2 Å². The van der Waals surface area contributed by atoms with Gasteiger partial charge in [0.2, 0.25) is 10.0 Å². The third kappa shape index (κ3) is 5.51. The van der Waals surface area contributed by atoms with Crippen LogP contribution in [0.25, 0.3) is 5.57 Å². The molecule has 3 atom stereocenters. The molecule has 1 aliphatic heterocycles. The van der Waals surface area contributed by atoms with Crippen LogP contribution in [0.3, 0.4) is 0 Å². The highest BCUT2D eigenvalue weighted by Gasteiger charge is 2.38. The molecule has 1 amide bonds. The molecular formula is C28H36N2O5S. The van der Waals surface area contributed by atoms with Gasteiger partial charge in [-0.3, -0.25) is 4.79 Å². The highest BCUT2D eigenvalue weighted by Crippen LogP contribution is 2.37. The third-order valence-corrected chi connectivity index (χ3v) is 9.17. The second-order valence-corrected chi connectivity index (χ2v) is 11.8. The Morgan fingerprint density at radius 1 is 1.19 bits per heavy atom. The molecule has 2 aliphatic rings. The summed E-state index contributed by atoms with van der Waals surface area (Å²) >= 11 is 0. The first-order valence-corrected chi connectivity index (χ1v) is 14.1. The average Bonchev–Trinajstić information content (AvgIpc) is 2.90. The van der Waals surface area contributed by atoms with Crippen LogP contribution in [-0.4, -0.2) is 67.5 Å². The Morgan fingerprint density at radius 3 is 2.61 bits per heavy atom. The number of aliphatic hydroxyl groups is 1. The second kappa shape index (κ2) is 11.2. The van der Waals surface area contributed by atoms with Crippen molar-refractivity contribution in [1.29, 1.82) is 0 Å². The number of aliphatic hydroxyl groups excluding tert-OH is 1. The maximum atomic E-state index is 13.7. The molecule has 1 heterocycles. The summed E-state index contributed by atoms with van der Waals surface area (Å²) in [6, 6.07) is 13.8. The van der Waals surface area contributed by atoms with E-state index >= 15 is 0 Å². The van der Waals surface area contributed by atoms with Gasteiger partial charge in [-0.2, -0.15) is 4.31 Å². The predicted molar refractivity (Wildman–Crippen MR) is 140 cm³/mol. The van der Waals surface area contributed by atoms with Gasteiger partial charge >= 0.3 is 0 Å². The van der Waals surface area contributed by atoms with Gasteiger partial charge in [0.05, 0.1) is 13.2 Å². The molecule has 0 fully saturated rings. The van der Waals surface area contributed by atoms with Crippen LogP contribution in [0.2, 0.25) is 0 Å². The SMILES string of the molecule is C[C@H]1CN([C@@H](C)CO)S(=O)(=O)c2ccc(C3=CCCCC3)cc2O[C@H]1CN(C)C(=O)c1ccccc1. The molecule has 4 rings (SSSR count). The monoisotopic (exact) mass is 512 g/mol. The van der Waals surface area contributed by atoms with E-state index in [1.165, 1.54) is 9.88 Å². The molecule has 0 saturated heterocycles. The molecule has 0 radical (unpaired) electrons. The smallest absolute Gasteiger partial charge is 0.253 e. The number of ether oxygens (including phenoxy) is 1. The molecule has 2 aromatic rings. The topological polar surface area (TPSA) is 87.2 Å². The standard InChI is InChI=1S/C28H36N2O5S/c1-20-17-30(21(2)19-31)36(33,34)27-15-14-24(22-10-6-4-7-11-22)16-25(27)35-26(20)18-29(3)28(32)23-12-8-5-9-13-23/h5,8-10,12-16,20-21,26,31H,4,6-7,11,17-19H2,1-3H3/t20-,21-,26-/m0/s1. The molecule has 2 aromatic carbocycles. The van der Waals surface area contributed by atoms with Gasteiger partial charge in [0, 0.05) is 31.1 Å². The predicted octanol–water partition coefficient (Wildman–Crippen LogP) is 4.18. The number of carbonyl (C=O) groups is 1. The lowest BCUT2D eigenvalue weighted by atomic mass is 9.93. The number of carbonyl (C=O) groups excluding carboxylic acids is 1. The molecule has 8 heteroatoms. The minimum atomic E-state index is -3.90. The maximum Gasteiger partial charge on any atom is 0.253 e. The van der Waals surface area contributed by atoms with Crippen LogP contribution in [0.4, 0.5) is 0 Å². The van der Waals surface area contributed by atoms with Crippen LogP contribution in [0.1, 0.15) is 55.5 Å². The quantitative estimate of drug-likeness (QED) is 0.627. The van der Waals surface area contributed by atoms with E-state index in [2.05, 4.69) is 6.08 Å². The normalized spacial score (nSPS) is 22.8. The number of amides is 1. The molecule has 1 aliphatic carbocycles. The lowest BCUT2D eigenvalue weighted by Crippen LogP contribution is -2.50. The Hall–Kier alpha value is -2.68. The number of hydrogen-bond acceptors (Lipinski definition) is 5. The van der Waals surface area contributed by atoms with Crippen molar-refractivity contribution in [2.24, 2.45) is 5.92 Å². The summed E-state index contributed by atoms with van der Waals surface area (Å²) in [5.74, 6) is -0.0558. The number of benzene rings is 2. The van der Waals surface area contributed by atoms with E-state index in [-0.39, 0.29) is 29.9 Å². The average molecular weight is 513 g/mol. The molecule has 36 heavy (non-hydrogen) atoms. The van der Waals surface area contributed by atoms with Gasteiger partial charge in [-0.15, -0.1) is 0 Å². The van der Waals surface area contributed by atoms with E-state index in [1.807, 2.05) is 37.3 Å². The molecular weight excluding hydrogens is 476 g/mol. The highest BCUT2D eigenvalue weighted by atomic mass is 32.2. The fourth-order valence-electron chi connectivity index (χ4n) is 4.90. The highest BCUT2D eigenvalue weighted by molar-refractivity contribution is 7.89. The number of allylic oxidation sites excluding steroid dienone is 2. The maximum absolute atomic E-state index is 13.7. The summed E-state index contributed by atoms with van der Waals surface area (Å²) in [6.07, 6.45) is 6.01. The number of hydrogen-bond donors (Lipinski definition) is 1. The van der Waals surface area contributed by atoms with Crippen molar-refractivity contribution in [2.75, 3.05) is 26.7 Å². The summed E-state index contributed by atoms with van der Waals surface area (Å²) in [6.45, 7) is 3.81. The van der Waals surface area contributed by atoms with Crippen molar-refractivity contribution in [1.82, 2.24) is 9.21 Å². The van der Waals surface area contributed by atoms with E-state index in [9.17, 15) is 18.3 Å². The Bertz CT molecular complexity index is 1210. The minimum absolute atomic E-state index is 0.0944. The zero-order valence-electron chi connectivity index (χ0n) is 21.3. The van der Waals surface area contributed by atoms with Crippen molar-refractivity contribution in [3.63, 3.8) is 0 Å². The molecule has 0 unspecified atom stereocenters. The van der Waals surface area contributed by atoms with Crippen molar-refractivity contribution < 1.29 is 23.1 Å². The summed E-state index contributed by atoms with van der Waals surface area (Å²) in [7, 11) is -2.16. The van der Waals surface area contributed by atoms with E-state index in [1.54, 1.807) is 37.1 Å². The zero-order chi connectivity index (χ0) is 25.9. The number of fused-ring (bicyclic) bond motifs is 1. The summed E-state index contributed by atoms with van der Waals surface area (Å²) in [5.41, 5.74) is 2.75. The first kappa shape index (κ1) is 26.4. The van der Waals surface area contributed by atoms with E-state index in [4.69, 9.17) is 4.74 Å². The van der Waals surface area contributed by atoms with Crippen LogP contribution in [0, 0.1) is 5.92 Å². The molecule has 194 valence electrons. The molecule has 0 spiro atoms. The van der Waals surface area contributed by atoms with Gasteiger partial charge in [0.15, 0.2) is 0 Å². The van der Waals surface area contributed by atoms with Crippen LogP contribution in [-0.2, 0) is 10.0 Å². The van der Waals surface area contributed by atoms with Gasteiger partial charge < -0.3 is 14.7 Å². The summed E-state index contributed by atoms with van der Waals surface area (Å²) in [4.78, 5) is 14.7. The summed E-state index contributed by atoms with van der Waals surface area (Å²) < 4.78 is 35.2. The van der Waals surface area contributed by atoms with Crippen molar-refractivity contribution in [2.45, 2.75) is 56.6 Å². The van der Waals surface area contributed by atoms with Gasteiger partial charge in [-0.25, -0.2) is 8.42 Å². The zero-order valence-corrected chi connectivity index (χ0v) is 22.1. The van der Waals surface area contributed by atoms with Crippen molar-refractivity contribution >= 4 is 21.5 Å². The molecule has 7 nitrogen and oxygen atoms in total. The first-order valence-electron chi connectivity index (χ1n) is 12.7. The largest absolute Gasteiger partial charge is 0.487 e. The summed E-state index contributed by atoms with van der Waals surface area (Å²) in [5, 5.41) is 9.84. The van der Waals surface area contributed by atoms with Crippen LogP contribution in [0.5, 0.6) is 5.75 Å². The molecule has 0 bridgehead atoms. The van der Waals surface area contributed by atoms with Crippen molar-refractivity contribution in [3.8, 4) is 5.75 Å². The van der Waals surface area contributed by atoms with E-state index < -0.39 is 22.2 Å². The Labute approximate surface area is 214 Å². The van der Waals surface area contributed by atoms with Gasteiger partial charge in [0.25, 0.3) is 5.91 Å². The van der Waals surface area contributed by atoms with Gasteiger partial charge in [-0.05, 0) is 68.0 Å². The molecule has 0 aromatic heterocycles. The Morgan fingerprint density at radius 2 is 1.94 bits per heavy atom. The third-order valence-electron chi connectivity index (χ3n) is 7.15. The number of sulfonamides is 1. The van der Waals surface area contributed by atoms with Gasteiger partial charge in [0.1, 0.15) is 16.7 Å². The first-order chi connectivity index (χ1) is 17.2. The fourth-order valence-corrected chi connectivity index (χ4v) is 6.72.